The predicted molar refractivity (Wildman–Crippen MR) is 73.0 cm³/mol. The number of nitrogens with one attached hydrogen (secondary N) is 2. The average Bonchev–Trinajstić information content (AvgIpc) is 2.58. The summed E-state index contributed by atoms with van der Waals surface area (Å²) in [6, 6.07) is 8.48. The van der Waals surface area contributed by atoms with Gasteiger partial charge in [-0.15, -0.1) is 0 Å². The maximum Gasteiger partial charge on any atom is 0.103 e. The van der Waals surface area contributed by atoms with E-state index in [1.54, 1.807) is 0 Å². The Hall–Kier alpha value is -1.05. The number of nitrogens with zero attached hydrogens (tertiary/aromatic N) is 1. The van der Waals surface area contributed by atoms with Crippen molar-refractivity contribution in [2.75, 3.05) is 18.4 Å². The van der Waals surface area contributed by atoms with Crippen molar-refractivity contribution in [1.29, 1.82) is 5.26 Å². The van der Waals surface area contributed by atoms with E-state index in [2.05, 4.69) is 32.6 Å². The van der Waals surface area contributed by atoms with Gasteiger partial charge in [0.2, 0.25) is 0 Å². The molecule has 0 bridgehead atoms. The Morgan fingerprint density at radius 2 is 2.29 bits per heavy atom. The molecule has 1 aromatic rings. The lowest BCUT2D eigenvalue weighted by Gasteiger charge is -2.19. The average molecular weight is 294 g/mol. The van der Waals surface area contributed by atoms with E-state index in [0.717, 1.165) is 29.7 Å². The van der Waals surface area contributed by atoms with Gasteiger partial charge >= 0.3 is 0 Å². The van der Waals surface area contributed by atoms with Gasteiger partial charge in [0, 0.05) is 17.1 Å². The third-order valence-electron chi connectivity index (χ3n) is 3.03. The molecule has 3 nitrogen and oxygen atoms in total. The molecule has 1 heterocycles. The Morgan fingerprint density at radius 3 is 3.12 bits per heavy atom. The van der Waals surface area contributed by atoms with Gasteiger partial charge in [0.25, 0.3) is 0 Å². The highest BCUT2D eigenvalue weighted by Crippen LogP contribution is 2.25. The summed E-state index contributed by atoms with van der Waals surface area (Å²) in [6.07, 6.45) is 3.63. The smallest absolute Gasteiger partial charge is 0.103 e. The van der Waals surface area contributed by atoms with E-state index >= 15 is 0 Å². The van der Waals surface area contributed by atoms with E-state index in [1.165, 1.54) is 12.8 Å². The van der Waals surface area contributed by atoms with Gasteiger partial charge in [-0.05, 0) is 47.4 Å². The van der Waals surface area contributed by atoms with E-state index in [1.807, 2.05) is 18.2 Å². The number of benzene rings is 1. The Balaban J connectivity index is 2.12. The number of hydrogen-bond acceptors (Lipinski definition) is 3. The molecule has 0 aromatic heterocycles. The lowest BCUT2D eigenvalue weighted by Crippen LogP contribution is -2.31. The first kappa shape index (κ1) is 12.4. The number of rotatable bonds is 2. The van der Waals surface area contributed by atoms with Gasteiger partial charge in [-0.1, -0.05) is 12.5 Å². The van der Waals surface area contributed by atoms with Crippen molar-refractivity contribution in [3.8, 4) is 6.07 Å². The van der Waals surface area contributed by atoms with Gasteiger partial charge < -0.3 is 10.6 Å². The minimum Gasteiger partial charge on any atom is -0.380 e. The van der Waals surface area contributed by atoms with Gasteiger partial charge in [-0.3, -0.25) is 0 Å². The zero-order chi connectivity index (χ0) is 12.1. The molecule has 1 aliphatic rings. The molecule has 1 fully saturated rings. The molecule has 1 atom stereocenters. The normalized spacial score (nSPS) is 20.4. The molecule has 0 saturated carbocycles. The van der Waals surface area contributed by atoms with Crippen molar-refractivity contribution in [1.82, 2.24) is 5.32 Å². The third kappa shape index (κ3) is 3.21. The van der Waals surface area contributed by atoms with Crippen LogP contribution in [0.2, 0.25) is 0 Å². The van der Waals surface area contributed by atoms with Crippen LogP contribution >= 0.6 is 15.9 Å². The van der Waals surface area contributed by atoms with Crippen LogP contribution in [0, 0.1) is 11.3 Å². The monoisotopic (exact) mass is 293 g/mol. The molecule has 2 N–H and O–H groups in total. The molecule has 90 valence electrons. The van der Waals surface area contributed by atoms with Crippen LogP contribution in [0.25, 0.3) is 0 Å². The molecular weight excluding hydrogens is 278 g/mol. The van der Waals surface area contributed by atoms with Crippen LogP contribution in [-0.4, -0.2) is 19.1 Å². The van der Waals surface area contributed by atoms with Crippen LogP contribution in [0.5, 0.6) is 0 Å². The summed E-state index contributed by atoms with van der Waals surface area (Å²) in [5, 5.41) is 16.0. The van der Waals surface area contributed by atoms with E-state index in [0.29, 0.717) is 11.6 Å². The summed E-state index contributed by atoms with van der Waals surface area (Å²) in [6.45, 7) is 2.07. The highest BCUT2D eigenvalue weighted by molar-refractivity contribution is 9.10. The van der Waals surface area contributed by atoms with Crippen molar-refractivity contribution >= 4 is 21.6 Å². The second-order valence-corrected chi connectivity index (χ2v) is 5.17. The fraction of sp³-hybridized carbons (Fsp3) is 0.462. The Morgan fingerprint density at radius 1 is 1.41 bits per heavy atom. The molecule has 4 heteroatoms. The van der Waals surface area contributed by atoms with E-state index in [4.69, 9.17) is 5.26 Å². The zero-order valence-corrected chi connectivity index (χ0v) is 11.3. The Labute approximate surface area is 110 Å². The van der Waals surface area contributed by atoms with E-state index in [-0.39, 0.29) is 0 Å². The van der Waals surface area contributed by atoms with Crippen LogP contribution in [0.15, 0.2) is 22.7 Å². The Kier molecular flexibility index (Phi) is 4.41. The molecule has 1 aromatic carbocycles. The van der Waals surface area contributed by atoms with Crippen molar-refractivity contribution in [2.24, 2.45) is 0 Å². The van der Waals surface area contributed by atoms with Crippen LogP contribution in [0.4, 0.5) is 5.69 Å². The minimum absolute atomic E-state index is 0.416. The largest absolute Gasteiger partial charge is 0.380 e. The third-order valence-corrected chi connectivity index (χ3v) is 3.69. The quantitative estimate of drug-likeness (QED) is 0.881. The number of nitriles is 1. The van der Waals surface area contributed by atoms with Crippen LogP contribution < -0.4 is 10.6 Å². The van der Waals surface area contributed by atoms with Gasteiger partial charge in [0.1, 0.15) is 6.07 Å². The highest BCUT2D eigenvalue weighted by Gasteiger charge is 2.14. The lowest BCUT2D eigenvalue weighted by molar-refractivity contribution is 0.636. The van der Waals surface area contributed by atoms with Crippen molar-refractivity contribution in [2.45, 2.75) is 25.3 Å². The van der Waals surface area contributed by atoms with Gasteiger partial charge in [0.05, 0.1) is 11.3 Å². The molecule has 1 unspecified atom stereocenters. The molecule has 0 amide bonds. The fourth-order valence-corrected chi connectivity index (χ4v) is 2.58. The second-order valence-electron chi connectivity index (χ2n) is 4.32. The topological polar surface area (TPSA) is 47.9 Å². The molecule has 0 radical (unpaired) electrons. The zero-order valence-electron chi connectivity index (χ0n) is 9.67. The first-order valence-corrected chi connectivity index (χ1v) is 6.76. The standard InChI is InChI=1S/C13H16BrN3/c14-12-5-3-6-13(11(12)8-15)17-10-4-1-2-7-16-9-10/h3,5-6,10,16-17H,1-2,4,7,9H2. The summed E-state index contributed by atoms with van der Waals surface area (Å²) >= 11 is 3.41. The molecule has 17 heavy (non-hydrogen) atoms. The van der Waals surface area contributed by atoms with Gasteiger partial charge in [-0.25, -0.2) is 0 Å². The molecule has 1 aliphatic heterocycles. The molecular formula is C13H16BrN3. The molecule has 0 spiro atoms. The van der Waals surface area contributed by atoms with E-state index in [9.17, 15) is 0 Å². The lowest BCUT2D eigenvalue weighted by atomic mass is 10.1. The summed E-state index contributed by atoms with van der Waals surface area (Å²) < 4.78 is 0.853. The Bertz CT molecular complexity index is 417. The predicted octanol–water partition coefficient (Wildman–Crippen LogP) is 2.87. The number of hydrogen-bond donors (Lipinski definition) is 2. The summed E-state index contributed by atoms with van der Waals surface area (Å²) in [4.78, 5) is 0. The maximum absolute atomic E-state index is 9.15. The molecule has 1 saturated heterocycles. The second kappa shape index (κ2) is 6.04. The first-order valence-electron chi connectivity index (χ1n) is 5.97. The molecule has 0 aliphatic carbocycles. The summed E-state index contributed by atoms with van der Waals surface area (Å²) in [5.41, 5.74) is 1.62. The van der Waals surface area contributed by atoms with Crippen molar-refractivity contribution < 1.29 is 0 Å². The number of anilines is 1. The minimum atomic E-state index is 0.416. The highest BCUT2D eigenvalue weighted by atomic mass is 79.9. The van der Waals surface area contributed by atoms with Crippen LogP contribution in [0.3, 0.4) is 0 Å². The number of halogens is 1. The SMILES string of the molecule is N#Cc1c(Br)cccc1NC1CCCCNC1. The van der Waals surface area contributed by atoms with E-state index < -0.39 is 0 Å². The van der Waals surface area contributed by atoms with Crippen molar-refractivity contribution in [3.05, 3.63) is 28.2 Å². The van der Waals surface area contributed by atoms with Crippen LogP contribution in [0.1, 0.15) is 24.8 Å². The maximum atomic E-state index is 9.15. The van der Waals surface area contributed by atoms with Gasteiger partial charge in [0.15, 0.2) is 0 Å². The van der Waals surface area contributed by atoms with Crippen LogP contribution in [-0.2, 0) is 0 Å². The first-order chi connectivity index (χ1) is 8.31. The summed E-state index contributed by atoms with van der Waals surface area (Å²) in [5.74, 6) is 0. The fourth-order valence-electron chi connectivity index (χ4n) is 2.12. The summed E-state index contributed by atoms with van der Waals surface area (Å²) in [7, 11) is 0. The van der Waals surface area contributed by atoms with Crippen molar-refractivity contribution in [3.63, 3.8) is 0 Å². The van der Waals surface area contributed by atoms with Gasteiger partial charge in [-0.2, -0.15) is 5.26 Å². The molecule has 2 rings (SSSR count).